The van der Waals surface area contributed by atoms with E-state index in [1.54, 1.807) is 59.4 Å². The maximum Gasteiger partial charge on any atom is 0.253 e. The van der Waals surface area contributed by atoms with Crippen LogP contribution < -0.4 is 5.32 Å². The summed E-state index contributed by atoms with van der Waals surface area (Å²) < 4.78 is 32.0. The lowest BCUT2D eigenvalue weighted by Gasteiger charge is -2.11. The van der Waals surface area contributed by atoms with Crippen LogP contribution in [0.3, 0.4) is 0 Å². The van der Waals surface area contributed by atoms with Crippen molar-refractivity contribution >= 4 is 21.4 Å². The molecule has 1 unspecified atom stereocenters. The minimum absolute atomic E-state index is 0.203. The highest BCUT2D eigenvalue weighted by Gasteiger charge is 2.30. The van der Waals surface area contributed by atoms with E-state index in [0.29, 0.717) is 30.0 Å². The first-order valence-corrected chi connectivity index (χ1v) is 10.2. The van der Waals surface area contributed by atoms with Gasteiger partial charge in [0, 0.05) is 31.7 Å². The van der Waals surface area contributed by atoms with Gasteiger partial charge in [-0.2, -0.15) is 0 Å². The maximum atomic E-state index is 12.5. The molecule has 1 saturated heterocycles. The van der Waals surface area contributed by atoms with Crippen molar-refractivity contribution in [2.75, 3.05) is 13.2 Å². The zero-order chi connectivity index (χ0) is 18.9. The predicted molar refractivity (Wildman–Crippen MR) is 99.2 cm³/mol. The summed E-state index contributed by atoms with van der Waals surface area (Å²) in [6.07, 6.45) is 5.70. The van der Waals surface area contributed by atoms with E-state index in [1.165, 1.54) is 0 Å². The van der Waals surface area contributed by atoms with E-state index in [0.717, 1.165) is 11.2 Å². The van der Waals surface area contributed by atoms with Crippen LogP contribution in [0.15, 0.2) is 59.9 Å². The number of fused-ring (bicyclic) bond motifs is 1. The van der Waals surface area contributed by atoms with Crippen LogP contribution in [0.2, 0.25) is 0 Å². The third-order valence-corrected chi connectivity index (χ3v) is 6.86. The quantitative estimate of drug-likeness (QED) is 0.724. The van der Waals surface area contributed by atoms with Crippen LogP contribution in [-0.2, 0) is 21.1 Å². The van der Waals surface area contributed by atoms with Crippen LogP contribution in [0, 0.1) is 0 Å². The fraction of sp³-hybridized carbons (Fsp3) is 0.263. The molecule has 8 heteroatoms. The highest BCUT2D eigenvalue weighted by atomic mass is 32.2. The SMILES string of the molecule is O=C(NCc1ccc(S(=O)(=O)C2CCOC2)cc1)c1ccc2nccn2c1. The van der Waals surface area contributed by atoms with E-state index >= 15 is 0 Å². The Balaban J connectivity index is 1.41. The molecule has 1 atom stereocenters. The molecule has 1 aliphatic heterocycles. The number of hydrogen-bond donors (Lipinski definition) is 1. The Morgan fingerprint density at radius 2 is 2.04 bits per heavy atom. The summed E-state index contributed by atoms with van der Waals surface area (Å²) >= 11 is 0. The number of benzene rings is 1. The molecule has 1 aromatic carbocycles. The number of sulfone groups is 1. The first-order chi connectivity index (χ1) is 13.0. The van der Waals surface area contributed by atoms with Gasteiger partial charge in [0.15, 0.2) is 9.84 Å². The molecule has 1 aliphatic rings. The average Bonchev–Trinajstić information content (AvgIpc) is 3.37. The molecule has 1 N–H and O–H groups in total. The Morgan fingerprint density at radius 3 is 2.78 bits per heavy atom. The normalized spacial score (nSPS) is 17.3. The molecule has 7 nitrogen and oxygen atoms in total. The standard InChI is InChI=1S/C19H19N3O4S/c23-19(15-3-6-18-20-8-9-22(18)12-15)21-11-14-1-4-16(5-2-14)27(24,25)17-7-10-26-13-17/h1-6,8-9,12,17H,7,10-11,13H2,(H,21,23). The number of nitrogens with zero attached hydrogens (tertiary/aromatic N) is 2. The lowest BCUT2D eigenvalue weighted by Crippen LogP contribution is -2.23. The molecular formula is C19H19N3O4S. The average molecular weight is 385 g/mol. The maximum absolute atomic E-state index is 12.5. The second-order valence-electron chi connectivity index (χ2n) is 6.47. The van der Waals surface area contributed by atoms with Crippen LogP contribution >= 0.6 is 0 Å². The minimum Gasteiger partial charge on any atom is -0.380 e. The van der Waals surface area contributed by atoms with Crippen molar-refractivity contribution in [3.63, 3.8) is 0 Å². The van der Waals surface area contributed by atoms with Gasteiger partial charge in [-0.1, -0.05) is 12.1 Å². The molecule has 3 aromatic rings. The topological polar surface area (TPSA) is 89.8 Å². The number of carbonyl (C=O) groups is 1. The molecule has 0 radical (unpaired) electrons. The predicted octanol–water partition coefficient (Wildman–Crippen LogP) is 1.83. The largest absolute Gasteiger partial charge is 0.380 e. The molecule has 0 aliphatic carbocycles. The van der Waals surface area contributed by atoms with Gasteiger partial charge in [0.1, 0.15) is 5.65 Å². The summed E-state index contributed by atoms with van der Waals surface area (Å²) in [4.78, 5) is 16.8. The smallest absolute Gasteiger partial charge is 0.253 e. The Labute approximate surface area is 156 Å². The molecule has 1 amide bonds. The fourth-order valence-electron chi connectivity index (χ4n) is 3.09. The van der Waals surface area contributed by atoms with E-state index < -0.39 is 15.1 Å². The van der Waals surface area contributed by atoms with Gasteiger partial charge in [-0.3, -0.25) is 4.79 Å². The van der Waals surface area contributed by atoms with Crippen LogP contribution in [0.25, 0.3) is 5.65 Å². The summed E-state index contributed by atoms with van der Waals surface area (Å²) in [5, 5.41) is 2.37. The molecule has 0 bridgehead atoms. The van der Waals surface area contributed by atoms with Crippen LogP contribution in [-0.4, -0.2) is 42.2 Å². The zero-order valence-corrected chi connectivity index (χ0v) is 15.4. The lowest BCUT2D eigenvalue weighted by molar-refractivity contribution is 0.0950. The summed E-state index contributed by atoms with van der Waals surface area (Å²) in [6, 6.07) is 10.1. The van der Waals surface area contributed by atoms with Gasteiger partial charge in [-0.05, 0) is 36.2 Å². The molecule has 0 saturated carbocycles. The van der Waals surface area contributed by atoms with E-state index in [1.807, 2.05) is 0 Å². The monoisotopic (exact) mass is 385 g/mol. The van der Waals surface area contributed by atoms with E-state index in [2.05, 4.69) is 10.3 Å². The van der Waals surface area contributed by atoms with Gasteiger partial charge in [-0.15, -0.1) is 0 Å². The molecule has 3 heterocycles. The zero-order valence-electron chi connectivity index (χ0n) is 14.5. The highest BCUT2D eigenvalue weighted by Crippen LogP contribution is 2.22. The Hall–Kier alpha value is -2.71. The number of amides is 1. The number of hydrogen-bond acceptors (Lipinski definition) is 5. The van der Waals surface area contributed by atoms with Crippen LogP contribution in [0.1, 0.15) is 22.3 Å². The second kappa shape index (κ2) is 7.13. The number of aromatic nitrogens is 2. The van der Waals surface area contributed by atoms with Gasteiger partial charge >= 0.3 is 0 Å². The van der Waals surface area contributed by atoms with Crippen molar-refractivity contribution in [1.82, 2.24) is 14.7 Å². The number of carbonyl (C=O) groups excluding carboxylic acids is 1. The third kappa shape index (κ3) is 3.58. The Bertz CT molecular complexity index is 1070. The van der Waals surface area contributed by atoms with Gasteiger partial charge in [0.05, 0.1) is 22.3 Å². The summed E-state index contributed by atoms with van der Waals surface area (Å²) in [5.74, 6) is -0.203. The van der Waals surface area contributed by atoms with Crippen LogP contribution in [0.5, 0.6) is 0 Å². The number of pyridine rings is 1. The van der Waals surface area contributed by atoms with Gasteiger partial charge in [0.25, 0.3) is 5.91 Å². The highest BCUT2D eigenvalue weighted by molar-refractivity contribution is 7.92. The van der Waals surface area contributed by atoms with Gasteiger partial charge < -0.3 is 14.5 Å². The molecule has 2 aromatic heterocycles. The molecular weight excluding hydrogens is 366 g/mol. The third-order valence-electron chi connectivity index (χ3n) is 4.68. The van der Waals surface area contributed by atoms with Gasteiger partial charge in [-0.25, -0.2) is 13.4 Å². The summed E-state index contributed by atoms with van der Waals surface area (Å²) in [5.41, 5.74) is 2.13. The molecule has 4 rings (SSSR count). The lowest BCUT2D eigenvalue weighted by atomic mass is 10.2. The molecule has 140 valence electrons. The minimum atomic E-state index is -3.37. The van der Waals surface area contributed by atoms with Crippen molar-refractivity contribution in [1.29, 1.82) is 0 Å². The van der Waals surface area contributed by atoms with Gasteiger partial charge in [0.2, 0.25) is 0 Å². The van der Waals surface area contributed by atoms with Crippen molar-refractivity contribution in [3.8, 4) is 0 Å². The number of rotatable bonds is 5. The van der Waals surface area contributed by atoms with Crippen molar-refractivity contribution in [3.05, 3.63) is 66.1 Å². The molecule has 0 spiro atoms. The summed E-state index contributed by atoms with van der Waals surface area (Å²) in [7, 11) is -3.37. The summed E-state index contributed by atoms with van der Waals surface area (Å²) in [6.45, 7) is 1.05. The first kappa shape index (κ1) is 17.7. The molecule has 1 fully saturated rings. The Kier molecular flexibility index (Phi) is 4.67. The second-order valence-corrected chi connectivity index (χ2v) is 8.70. The molecule has 27 heavy (non-hydrogen) atoms. The Morgan fingerprint density at radius 1 is 1.22 bits per heavy atom. The van der Waals surface area contributed by atoms with E-state index in [-0.39, 0.29) is 12.5 Å². The van der Waals surface area contributed by atoms with E-state index in [4.69, 9.17) is 4.74 Å². The van der Waals surface area contributed by atoms with E-state index in [9.17, 15) is 13.2 Å². The van der Waals surface area contributed by atoms with Crippen molar-refractivity contribution in [2.24, 2.45) is 0 Å². The number of ether oxygens (including phenoxy) is 1. The van der Waals surface area contributed by atoms with Crippen LogP contribution in [0.4, 0.5) is 0 Å². The number of imidazole rings is 1. The fourth-order valence-corrected chi connectivity index (χ4v) is 4.67. The van der Waals surface area contributed by atoms with Crippen molar-refractivity contribution < 1.29 is 17.9 Å². The van der Waals surface area contributed by atoms with Crippen molar-refractivity contribution in [2.45, 2.75) is 23.1 Å². The first-order valence-electron chi connectivity index (χ1n) is 8.65. The number of nitrogens with one attached hydrogen (secondary N) is 1.